The molecule has 0 fully saturated rings. The van der Waals surface area contributed by atoms with E-state index in [1.165, 1.54) is 11.1 Å². The minimum atomic E-state index is -0.519. The number of aryl methyl sites for hydroxylation is 4. The van der Waals surface area contributed by atoms with Crippen molar-refractivity contribution < 1.29 is 9.53 Å². The Morgan fingerprint density at radius 2 is 1.85 bits per heavy atom. The van der Waals surface area contributed by atoms with Crippen LogP contribution in [0.25, 0.3) is 17.1 Å². The Hall–Kier alpha value is -4.54. The average Bonchev–Trinajstić information content (AvgIpc) is 3.07. The van der Waals surface area contributed by atoms with Crippen molar-refractivity contribution in [2.24, 2.45) is 0 Å². The van der Waals surface area contributed by atoms with Gasteiger partial charge in [0.1, 0.15) is 5.60 Å². The molecule has 0 saturated heterocycles. The summed E-state index contributed by atoms with van der Waals surface area (Å²) < 4.78 is 7.05. The molecule has 0 unspecified atom stereocenters. The zero-order valence-electron chi connectivity index (χ0n) is 23.6. The lowest BCUT2D eigenvalue weighted by Crippen LogP contribution is -2.39. The molecule has 2 aliphatic carbocycles. The van der Waals surface area contributed by atoms with Crippen LogP contribution in [0.3, 0.4) is 0 Å². The van der Waals surface area contributed by atoms with Crippen LogP contribution in [-0.4, -0.2) is 47.7 Å². The van der Waals surface area contributed by atoms with Crippen LogP contribution in [0, 0.1) is 0 Å². The van der Waals surface area contributed by atoms with Crippen LogP contribution in [0.1, 0.15) is 62.4 Å². The second kappa shape index (κ2) is 10.8. The molecule has 4 aromatic rings. The number of benzene rings is 1. The molecule has 11 nitrogen and oxygen atoms in total. The van der Waals surface area contributed by atoms with Crippen LogP contribution < -0.4 is 16.4 Å². The van der Waals surface area contributed by atoms with Crippen molar-refractivity contribution in [1.82, 2.24) is 35.3 Å². The van der Waals surface area contributed by atoms with E-state index in [-0.39, 0.29) is 18.1 Å². The molecular weight excluding hydrogens is 518 g/mol. The van der Waals surface area contributed by atoms with E-state index in [0.717, 1.165) is 73.1 Å². The van der Waals surface area contributed by atoms with Gasteiger partial charge in [-0.05, 0) is 113 Å². The fourth-order valence-electron chi connectivity index (χ4n) is 5.54. The minimum Gasteiger partial charge on any atom is -0.444 e. The summed E-state index contributed by atoms with van der Waals surface area (Å²) in [5.41, 5.74) is 12.9. The molecule has 0 bridgehead atoms. The molecule has 212 valence electrons. The Morgan fingerprint density at radius 3 is 2.68 bits per heavy atom. The number of anilines is 3. The number of nitrogens with zero attached hydrogens (tertiary/aromatic N) is 6. The van der Waals surface area contributed by atoms with Gasteiger partial charge in [-0.2, -0.15) is 9.67 Å². The lowest BCUT2D eigenvalue weighted by Gasteiger charge is -2.22. The number of pyridine rings is 1. The number of hydrogen-bond donors (Lipinski definition) is 3. The fourth-order valence-corrected chi connectivity index (χ4v) is 5.54. The third kappa shape index (κ3) is 5.98. The highest BCUT2D eigenvalue weighted by molar-refractivity contribution is 5.68. The summed E-state index contributed by atoms with van der Waals surface area (Å²) in [7, 11) is 0. The molecule has 4 N–H and O–H groups in total. The second-order valence-corrected chi connectivity index (χ2v) is 11.7. The van der Waals surface area contributed by atoms with E-state index < -0.39 is 5.60 Å². The Morgan fingerprint density at radius 1 is 1.02 bits per heavy atom. The van der Waals surface area contributed by atoms with E-state index in [2.05, 4.69) is 54.1 Å². The molecule has 0 aliphatic heterocycles. The van der Waals surface area contributed by atoms with Gasteiger partial charge in [-0.1, -0.05) is 6.07 Å². The maximum atomic E-state index is 12.3. The summed E-state index contributed by atoms with van der Waals surface area (Å²) in [6.45, 7) is 5.61. The van der Waals surface area contributed by atoms with Crippen molar-refractivity contribution in [3.63, 3.8) is 0 Å². The largest absolute Gasteiger partial charge is 0.444 e. The normalized spacial score (nSPS) is 16.4. The molecule has 2 aliphatic rings. The molecule has 3 heterocycles. The molecule has 1 aromatic carbocycles. The number of aromatic nitrogens is 6. The molecule has 41 heavy (non-hydrogen) atoms. The lowest BCUT2D eigenvalue weighted by molar-refractivity contribution is 0.0500. The topological polar surface area (TPSA) is 146 Å². The zero-order chi connectivity index (χ0) is 28.6. The van der Waals surface area contributed by atoms with Gasteiger partial charge in [0, 0.05) is 29.2 Å². The van der Waals surface area contributed by atoms with E-state index in [1.54, 1.807) is 4.68 Å². The first-order chi connectivity index (χ1) is 19.7. The van der Waals surface area contributed by atoms with Crippen LogP contribution in [-0.2, 0) is 30.4 Å². The smallest absolute Gasteiger partial charge is 0.407 e. The molecule has 3 aromatic heterocycles. The van der Waals surface area contributed by atoms with Crippen molar-refractivity contribution in [3.8, 4) is 17.1 Å². The highest BCUT2D eigenvalue weighted by Gasteiger charge is 2.23. The quantitative estimate of drug-likeness (QED) is 0.306. The van der Waals surface area contributed by atoms with Gasteiger partial charge in [-0.3, -0.25) is 4.98 Å². The lowest BCUT2D eigenvalue weighted by atomic mass is 10.0. The van der Waals surface area contributed by atoms with Crippen molar-refractivity contribution in [2.45, 2.75) is 77.4 Å². The molecule has 0 radical (unpaired) electrons. The molecule has 1 amide bonds. The van der Waals surface area contributed by atoms with Crippen LogP contribution in [0.5, 0.6) is 0 Å². The van der Waals surface area contributed by atoms with Crippen LogP contribution in [0.4, 0.5) is 22.4 Å². The van der Waals surface area contributed by atoms with Gasteiger partial charge >= 0.3 is 6.09 Å². The Bertz CT molecular complexity index is 1590. The van der Waals surface area contributed by atoms with E-state index in [0.29, 0.717) is 11.8 Å². The van der Waals surface area contributed by atoms with Crippen molar-refractivity contribution >= 4 is 23.7 Å². The van der Waals surface area contributed by atoms with Gasteiger partial charge < -0.3 is 21.1 Å². The van der Waals surface area contributed by atoms with Gasteiger partial charge in [0.25, 0.3) is 0 Å². The summed E-state index contributed by atoms with van der Waals surface area (Å²) in [4.78, 5) is 21.3. The number of hydrogen-bond acceptors (Lipinski definition) is 9. The number of nitrogens with two attached hydrogens (primary N) is 1. The first-order valence-electron chi connectivity index (χ1n) is 14.1. The van der Waals surface area contributed by atoms with Gasteiger partial charge in [-0.15, -0.1) is 15.3 Å². The Labute approximate surface area is 239 Å². The van der Waals surface area contributed by atoms with E-state index in [1.807, 2.05) is 45.2 Å². The van der Waals surface area contributed by atoms with E-state index >= 15 is 0 Å². The standard InChI is InChI=1S/C30H35N9O2/c1-30(2,3)41-29(40)34-21-12-9-18-10-14-22(16-19(18)11-13-21)33-28-35-27(31)38-39(28)25-17-20-6-4-8-24-23(7-5-15-32-24)26(20)37-36-25/h5,7,10,14-17,21H,4,6,8-9,11-13H2,1-3H3,(H,34,40)(H3,31,33,35,38)/t21-/m0/s1. The van der Waals surface area contributed by atoms with Crippen molar-refractivity contribution in [1.29, 1.82) is 0 Å². The molecular formula is C30H35N9O2. The van der Waals surface area contributed by atoms with E-state index in [9.17, 15) is 4.79 Å². The molecule has 0 spiro atoms. The number of nitrogen functional groups attached to an aromatic ring is 1. The number of carbonyl (C=O) groups is 1. The molecule has 6 rings (SSSR count). The second-order valence-electron chi connectivity index (χ2n) is 11.7. The number of alkyl carbamates (subject to hydrolysis) is 1. The number of amides is 1. The number of carbonyl (C=O) groups excluding carboxylic acids is 1. The summed E-state index contributed by atoms with van der Waals surface area (Å²) in [6.07, 6.45) is 7.63. The SMILES string of the molecule is CC(C)(C)OC(=O)N[C@H]1CCc2ccc(Nc3nc(N)nn3-c3cc4c(nn3)-c3cccnc3CCC4)cc2CC1. The maximum Gasteiger partial charge on any atom is 0.407 e. The van der Waals surface area contributed by atoms with Crippen molar-refractivity contribution in [2.75, 3.05) is 11.1 Å². The van der Waals surface area contributed by atoms with Crippen LogP contribution >= 0.6 is 0 Å². The predicted octanol–water partition coefficient (Wildman–Crippen LogP) is 4.71. The highest BCUT2D eigenvalue weighted by atomic mass is 16.6. The number of fused-ring (bicyclic) bond motifs is 4. The highest BCUT2D eigenvalue weighted by Crippen LogP contribution is 2.31. The summed E-state index contributed by atoms with van der Waals surface area (Å²) in [6, 6.07) is 12.3. The molecule has 1 atom stereocenters. The molecule has 0 saturated carbocycles. The summed E-state index contributed by atoms with van der Waals surface area (Å²) in [5.74, 6) is 1.16. The summed E-state index contributed by atoms with van der Waals surface area (Å²) in [5, 5.41) is 19.9. The number of nitrogens with one attached hydrogen (secondary N) is 2. The van der Waals surface area contributed by atoms with Crippen LogP contribution in [0.15, 0.2) is 42.6 Å². The Balaban J connectivity index is 1.20. The van der Waals surface area contributed by atoms with Gasteiger partial charge in [-0.25, -0.2) is 4.79 Å². The third-order valence-corrected chi connectivity index (χ3v) is 7.41. The van der Waals surface area contributed by atoms with E-state index in [4.69, 9.17) is 10.5 Å². The Kier molecular flexibility index (Phi) is 7.02. The first-order valence-corrected chi connectivity index (χ1v) is 14.1. The van der Waals surface area contributed by atoms with Crippen LogP contribution in [0.2, 0.25) is 0 Å². The van der Waals surface area contributed by atoms with Gasteiger partial charge in [0.15, 0.2) is 5.82 Å². The zero-order valence-corrected chi connectivity index (χ0v) is 23.6. The van der Waals surface area contributed by atoms with Gasteiger partial charge in [0.05, 0.1) is 5.69 Å². The summed E-state index contributed by atoms with van der Waals surface area (Å²) >= 11 is 0. The monoisotopic (exact) mass is 553 g/mol. The minimum absolute atomic E-state index is 0.0612. The number of ether oxygens (including phenoxy) is 1. The first kappa shape index (κ1) is 26.7. The third-order valence-electron chi connectivity index (χ3n) is 7.41. The fraction of sp³-hybridized carbons (Fsp3) is 0.400. The molecule has 11 heteroatoms. The number of rotatable bonds is 4. The van der Waals surface area contributed by atoms with Crippen molar-refractivity contribution in [3.05, 3.63) is 65.0 Å². The average molecular weight is 554 g/mol. The van der Waals surface area contributed by atoms with Gasteiger partial charge in [0.2, 0.25) is 11.9 Å². The maximum absolute atomic E-state index is 12.3. The predicted molar refractivity (Wildman–Crippen MR) is 156 cm³/mol.